The van der Waals surface area contributed by atoms with Crippen LogP contribution < -0.4 is 16.4 Å². The first-order valence-electron chi connectivity index (χ1n) is 15.7. The number of carbonyl (C=O) groups is 2. The summed E-state index contributed by atoms with van der Waals surface area (Å²) >= 11 is 0.566. The largest absolute Gasteiger partial charge is 0.425 e. The van der Waals surface area contributed by atoms with Gasteiger partial charge < -0.3 is 21.3 Å². The number of halogens is 3. The van der Waals surface area contributed by atoms with E-state index >= 15 is 0 Å². The molecule has 2 bridgehead atoms. The standard InChI is InChI=1S/C32H36F3N7O2S/c33-32(34,35)24-17-23-27(45-24)29(39-26-20-7-6-19(16-20)25(26)28(36)43)40-31(38-23)37-21-10-8-18(9-11-21)30(44)42-14-12-41(13-15-42)22-4-2-1-3-5-22/h6-11,17,19-20,22,25-26H,1-5,12-16H2,(H2,36,43)(H2,37,38,39,40)/t19?,20?,25-,26+/m0/s1. The summed E-state index contributed by atoms with van der Waals surface area (Å²) in [6.07, 6.45) is 6.62. The molecule has 13 heteroatoms. The topological polar surface area (TPSA) is 116 Å². The van der Waals surface area contributed by atoms with Gasteiger partial charge in [0.15, 0.2) is 0 Å². The monoisotopic (exact) mass is 639 g/mol. The van der Waals surface area contributed by atoms with Crippen molar-refractivity contribution in [3.05, 3.63) is 52.9 Å². The molecule has 4 N–H and O–H groups in total. The summed E-state index contributed by atoms with van der Waals surface area (Å²) in [6, 6.07) is 8.23. The van der Waals surface area contributed by atoms with E-state index in [1.807, 2.05) is 17.1 Å². The molecule has 2 saturated carbocycles. The van der Waals surface area contributed by atoms with Gasteiger partial charge in [-0.15, -0.1) is 11.3 Å². The maximum absolute atomic E-state index is 13.7. The molecule has 3 aromatic rings. The third-order valence-electron chi connectivity index (χ3n) is 9.82. The zero-order valence-corrected chi connectivity index (χ0v) is 25.5. The lowest BCUT2D eigenvalue weighted by molar-refractivity contribution is -0.134. The molecule has 7 rings (SSSR count). The number of nitrogens with two attached hydrogens (primary N) is 1. The molecule has 45 heavy (non-hydrogen) atoms. The van der Waals surface area contributed by atoms with Crippen LogP contribution in [0.25, 0.3) is 10.2 Å². The van der Waals surface area contributed by atoms with Crippen LogP contribution in [0.2, 0.25) is 0 Å². The lowest BCUT2D eigenvalue weighted by atomic mass is 9.88. The summed E-state index contributed by atoms with van der Waals surface area (Å²) in [4.78, 5) is 38.1. The number of fused-ring (bicyclic) bond motifs is 3. The molecule has 3 heterocycles. The van der Waals surface area contributed by atoms with Crippen LogP contribution in [0.1, 0.15) is 53.8 Å². The number of benzene rings is 1. The van der Waals surface area contributed by atoms with Gasteiger partial charge in [-0.2, -0.15) is 18.2 Å². The smallest absolute Gasteiger partial charge is 0.369 e. The fraction of sp³-hybridized carbons (Fsp3) is 0.500. The molecular formula is C32H36F3N7O2S. The Morgan fingerprint density at radius 1 is 0.956 bits per heavy atom. The summed E-state index contributed by atoms with van der Waals surface area (Å²) in [5.74, 6) is -0.606. The molecule has 2 unspecified atom stereocenters. The SMILES string of the molecule is NC(=O)[C@H]1C2C=CC(C2)[C@H]1Nc1nc(Nc2ccc(C(=O)N3CCN(C4CCCCC4)CC3)cc2)nc2cc(C(F)(F)F)sc12. The summed E-state index contributed by atoms with van der Waals surface area (Å²) in [5.41, 5.74) is 7.01. The van der Waals surface area contributed by atoms with E-state index in [0.29, 0.717) is 41.7 Å². The highest BCUT2D eigenvalue weighted by atomic mass is 32.1. The van der Waals surface area contributed by atoms with E-state index in [0.717, 1.165) is 25.6 Å². The highest BCUT2D eigenvalue weighted by Crippen LogP contribution is 2.46. The average Bonchev–Trinajstić information content (AvgIpc) is 3.77. The van der Waals surface area contributed by atoms with Crippen LogP contribution in [0.3, 0.4) is 0 Å². The van der Waals surface area contributed by atoms with Gasteiger partial charge in [-0.05, 0) is 61.4 Å². The van der Waals surface area contributed by atoms with Crippen LogP contribution >= 0.6 is 11.3 Å². The number of thiophene rings is 1. The second kappa shape index (κ2) is 11.9. The number of nitrogens with zero attached hydrogens (tertiary/aromatic N) is 4. The maximum Gasteiger partial charge on any atom is 0.425 e. The predicted molar refractivity (Wildman–Crippen MR) is 167 cm³/mol. The fourth-order valence-electron chi connectivity index (χ4n) is 7.53. The number of aromatic nitrogens is 2. The molecule has 9 nitrogen and oxygen atoms in total. The van der Waals surface area contributed by atoms with Crippen molar-refractivity contribution >= 4 is 50.8 Å². The number of nitrogens with one attached hydrogen (secondary N) is 2. The molecule has 1 saturated heterocycles. The second-order valence-corrected chi connectivity index (χ2v) is 13.6. The minimum absolute atomic E-state index is 0.00372. The van der Waals surface area contributed by atoms with E-state index in [4.69, 9.17) is 5.73 Å². The van der Waals surface area contributed by atoms with Crippen LogP contribution in [0, 0.1) is 17.8 Å². The Hall–Kier alpha value is -3.71. The number of anilines is 3. The molecular weight excluding hydrogens is 603 g/mol. The van der Waals surface area contributed by atoms with Gasteiger partial charge in [0.05, 0.1) is 16.1 Å². The molecule has 238 valence electrons. The van der Waals surface area contributed by atoms with Gasteiger partial charge in [0.25, 0.3) is 5.91 Å². The predicted octanol–water partition coefficient (Wildman–Crippen LogP) is 5.63. The van der Waals surface area contributed by atoms with Crippen molar-refractivity contribution in [1.29, 1.82) is 0 Å². The first-order valence-corrected chi connectivity index (χ1v) is 16.5. The van der Waals surface area contributed by atoms with Crippen LogP contribution in [-0.4, -0.2) is 69.8 Å². The van der Waals surface area contributed by atoms with Gasteiger partial charge >= 0.3 is 6.18 Å². The zero-order valence-electron chi connectivity index (χ0n) is 24.7. The molecule has 2 aromatic heterocycles. The molecule has 3 aliphatic carbocycles. The van der Waals surface area contributed by atoms with Gasteiger partial charge in [0, 0.05) is 49.5 Å². The Bertz CT molecular complexity index is 1610. The number of allylic oxidation sites excluding steroid dienone is 1. The Morgan fingerprint density at radius 2 is 1.67 bits per heavy atom. The number of alkyl halides is 3. The number of hydrogen-bond donors (Lipinski definition) is 3. The van der Waals surface area contributed by atoms with E-state index in [9.17, 15) is 22.8 Å². The Morgan fingerprint density at radius 3 is 2.36 bits per heavy atom. The Kier molecular flexibility index (Phi) is 7.93. The third-order valence-corrected chi connectivity index (χ3v) is 11.0. The van der Waals surface area contributed by atoms with Crippen molar-refractivity contribution in [3.63, 3.8) is 0 Å². The zero-order chi connectivity index (χ0) is 31.3. The lowest BCUT2D eigenvalue weighted by Crippen LogP contribution is -2.52. The third kappa shape index (κ3) is 5.99. The van der Waals surface area contributed by atoms with Crippen LogP contribution in [0.15, 0.2) is 42.5 Å². The summed E-state index contributed by atoms with van der Waals surface area (Å²) in [5, 5.41) is 6.36. The molecule has 1 aromatic carbocycles. The highest BCUT2D eigenvalue weighted by Gasteiger charge is 2.48. The molecule has 0 spiro atoms. The van der Waals surface area contributed by atoms with Gasteiger partial charge in [0.1, 0.15) is 10.7 Å². The molecule has 4 atom stereocenters. The lowest BCUT2D eigenvalue weighted by Gasteiger charge is -2.40. The first-order chi connectivity index (χ1) is 21.6. The minimum atomic E-state index is -4.54. The van der Waals surface area contributed by atoms with Crippen LogP contribution in [0.5, 0.6) is 0 Å². The summed E-state index contributed by atoms with van der Waals surface area (Å²) < 4.78 is 41.3. The quantitative estimate of drug-likeness (QED) is 0.287. The number of piperazine rings is 1. The summed E-state index contributed by atoms with van der Waals surface area (Å²) in [6.45, 7) is 3.19. The van der Waals surface area contributed by atoms with Gasteiger partial charge in [-0.25, -0.2) is 4.98 Å². The van der Waals surface area contributed by atoms with Crippen molar-refractivity contribution in [3.8, 4) is 0 Å². The Labute approximate surface area is 263 Å². The van der Waals surface area contributed by atoms with Crippen LogP contribution in [-0.2, 0) is 11.0 Å². The van der Waals surface area contributed by atoms with Crippen molar-refractivity contribution in [2.75, 3.05) is 36.8 Å². The molecule has 4 aliphatic rings. The van der Waals surface area contributed by atoms with E-state index < -0.39 is 22.9 Å². The minimum Gasteiger partial charge on any atom is -0.369 e. The highest BCUT2D eigenvalue weighted by molar-refractivity contribution is 7.19. The van der Waals surface area contributed by atoms with Gasteiger partial charge in [-0.1, -0.05) is 31.4 Å². The molecule has 3 fully saturated rings. The first kappa shape index (κ1) is 30.0. The van der Waals surface area contributed by atoms with E-state index in [1.54, 1.807) is 24.3 Å². The number of rotatable bonds is 7. The molecule has 2 amide bonds. The van der Waals surface area contributed by atoms with Crippen molar-refractivity contribution < 1.29 is 22.8 Å². The number of amides is 2. The van der Waals surface area contributed by atoms with Gasteiger partial charge in [-0.3, -0.25) is 14.5 Å². The number of primary amides is 1. The maximum atomic E-state index is 13.7. The van der Waals surface area contributed by atoms with Crippen molar-refractivity contribution in [2.45, 2.75) is 56.8 Å². The van der Waals surface area contributed by atoms with Crippen LogP contribution in [0.4, 0.5) is 30.6 Å². The van der Waals surface area contributed by atoms with E-state index in [-0.39, 0.29) is 45.8 Å². The van der Waals surface area contributed by atoms with Gasteiger partial charge in [0.2, 0.25) is 11.9 Å². The fourth-order valence-corrected chi connectivity index (χ4v) is 8.45. The van der Waals surface area contributed by atoms with E-state index in [2.05, 4.69) is 25.5 Å². The average molecular weight is 640 g/mol. The van der Waals surface area contributed by atoms with Crippen molar-refractivity contribution in [2.24, 2.45) is 23.5 Å². The molecule has 0 radical (unpaired) electrons. The number of hydrogen-bond acceptors (Lipinski definition) is 8. The molecule has 1 aliphatic heterocycles. The summed E-state index contributed by atoms with van der Waals surface area (Å²) in [7, 11) is 0. The second-order valence-electron chi connectivity index (χ2n) is 12.6. The number of carbonyl (C=O) groups excluding carboxylic acids is 2. The Balaban J connectivity index is 1.08. The van der Waals surface area contributed by atoms with Crippen molar-refractivity contribution in [1.82, 2.24) is 19.8 Å². The normalized spacial score (nSPS) is 25.6. The van der Waals surface area contributed by atoms with E-state index in [1.165, 1.54) is 32.1 Å².